The van der Waals surface area contributed by atoms with Crippen LogP contribution in [-0.4, -0.2) is 40.9 Å². The van der Waals surface area contributed by atoms with Gasteiger partial charge in [-0.1, -0.05) is 38.5 Å². The molecule has 0 amide bonds. The lowest BCUT2D eigenvalue weighted by Crippen LogP contribution is -2.52. The molecule has 20 heavy (non-hydrogen) atoms. The Morgan fingerprint density at radius 3 is 1.40 bits per heavy atom. The zero-order valence-electron chi connectivity index (χ0n) is 13.5. The van der Waals surface area contributed by atoms with Crippen molar-refractivity contribution in [3.63, 3.8) is 0 Å². The summed E-state index contributed by atoms with van der Waals surface area (Å²) in [6.45, 7) is 6.43. The number of hydrogen-bond donors (Lipinski definition) is 1. The number of rotatable bonds is 4. The predicted molar refractivity (Wildman–Crippen MR) is 86.2 cm³/mol. The average Bonchev–Trinajstić information content (AvgIpc) is 2.51. The second kappa shape index (κ2) is 7.90. The standard InChI is InChI=1S/C17H33N3/c1-3-19(15-11-7-5-8-12-15)17(18)20(4-2)16-13-9-6-10-14-16/h15-16,18H,3-14H2,1-2H3. The Balaban J connectivity index is 2.00. The summed E-state index contributed by atoms with van der Waals surface area (Å²) in [7, 11) is 0. The fraction of sp³-hybridized carbons (Fsp3) is 0.941. The Hall–Kier alpha value is -0.730. The van der Waals surface area contributed by atoms with Gasteiger partial charge in [0.2, 0.25) is 0 Å². The van der Waals surface area contributed by atoms with E-state index in [0.717, 1.165) is 19.0 Å². The van der Waals surface area contributed by atoms with Crippen molar-refractivity contribution in [3.05, 3.63) is 0 Å². The van der Waals surface area contributed by atoms with Crippen molar-refractivity contribution in [2.75, 3.05) is 13.1 Å². The lowest BCUT2D eigenvalue weighted by Gasteiger charge is -2.43. The Bertz CT molecular complexity index is 263. The van der Waals surface area contributed by atoms with Crippen LogP contribution < -0.4 is 0 Å². The van der Waals surface area contributed by atoms with E-state index in [9.17, 15) is 0 Å². The summed E-state index contributed by atoms with van der Waals surface area (Å²) in [6.07, 6.45) is 13.3. The normalized spacial score (nSPS) is 21.7. The van der Waals surface area contributed by atoms with E-state index in [1.165, 1.54) is 64.2 Å². The highest BCUT2D eigenvalue weighted by atomic mass is 15.4. The first-order valence-corrected chi connectivity index (χ1v) is 8.89. The second-order valence-corrected chi connectivity index (χ2v) is 6.48. The first-order chi connectivity index (χ1) is 9.77. The van der Waals surface area contributed by atoms with Crippen LogP contribution in [0.3, 0.4) is 0 Å². The summed E-state index contributed by atoms with van der Waals surface area (Å²) in [5.74, 6) is 0.814. The molecular formula is C17H33N3. The molecular weight excluding hydrogens is 246 g/mol. The van der Waals surface area contributed by atoms with Crippen molar-refractivity contribution in [1.29, 1.82) is 5.41 Å². The zero-order chi connectivity index (χ0) is 14.4. The molecule has 0 spiro atoms. The monoisotopic (exact) mass is 279 g/mol. The van der Waals surface area contributed by atoms with Gasteiger partial charge in [-0.15, -0.1) is 0 Å². The van der Waals surface area contributed by atoms with Crippen LogP contribution >= 0.6 is 0 Å². The van der Waals surface area contributed by atoms with Crippen LogP contribution in [0, 0.1) is 5.41 Å². The molecule has 0 bridgehead atoms. The molecule has 2 aliphatic rings. The van der Waals surface area contributed by atoms with Gasteiger partial charge in [0, 0.05) is 25.2 Å². The summed E-state index contributed by atoms with van der Waals surface area (Å²) < 4.78 is 0. The molecule has 0 saturated heterocycles. The van der Waals surface area contributed by atoms with E-state index < -0.39 is 0 Å². The van der Waals surface area contributed by atoms with Gasteiger partial charge in [0.05, 0.1) is 0 Å². The maximum atomic E-state index is 8.73. The zero-order valence-corrected chi connectivity index (χ0v) is 13.5. The van der Waals surface area contributed by atoms with Crippen LogP contribution in [0.2, 0.25) is 0 Å². The largest absolute Gasteiger partial charge is 0.340 e. The number of nitrogens with zero attached hydrogens (tertiary/aromatic N) is 2. The van der Waals surface area contributed by atoms with Gasteiger partial charge in [-0.3, -0.25) is 5.41 Å². The first-order valence-electron chi connectivity index (χ1n) is 8.89. The van der Waals surface area contributed by atoms with Gasteiger partial charge < -0.3 is 9.80 Å². The van der Waals surface area contributed by atoms with E-state index >= 15 is 0 Å². The summed E-state index contributed by atoms with van der Waals surface area (Å²) in [4.78, 5) is 4.77. The fourth-order valence-electron chi connectivity index (χ4n) is 4.11. The maximum Gasteiger partial charge on any atom is 0.194 e. The molecule has 0 aliphatic heterocycles. The predicted octanol–water partition coefficient (Wildman–Crippen LogP) is 4.23. The van der Waals surface area contributed by atoms with E-state index in [1.54, 1.807) is 0 Å². The molecule has 3 heteroatoms. The van der Waals surface area contributed by atoms with E-state index in [1.807, 2.05) is 0 Å². The molecule has 0 aromatic rings. The van der Waals surface area contributed by atoms with Gasteiger partial charge in [-0.05, 0) is 39.5 Å². The molecule has 2 saturated carbocycles. The van der Waals surface area contributed by atoms with E-state index in [2.05, 4.69) is 23.6 Å². The van der Waals surface area contributed by atoms with Gasteiger partial charge in [0.1, 0.15) is 0 Å². The molecule has 0 aromatic carbocycles. The van der Waals surface area contributed by atoms with Crippen LogP contribution in [0.25, 0.3) is 0 Å². The molecule has 0 heterocycles. The summed E-state index contributed by atoms with van der Waals surface area (Å²) >= 11 is 0. The number of guanidine groups is 1. The average molecular weight is 279 g/mol. The molecule has 116 valence electrons. The molecule has 2 rings (SSSR count). The van der Waals surface area contributed by atoms with Gasteiger partial charge in [0.25, 0.3) is 0 Å². The molecule has 2 fully saturated rings. The first kappa shape index (κ1) is 15.7. The molecule has 3 nitrogen and oxygen atoms in total. The topological polar surface area (TPSA) is 30.3 Å². The van der Waals surface area contributed by atoms with Crippen molar-refractivity contribution in [2.45, 2.75) is 90.1 Å². The molecule has 2 aliphatic carbocycles. The van der Waals surface area contributed by atoms with Crippen molar-refractivity contribution in [3.8, 4) is 0 Å². The highest BCUT2D eigenvalue weighted by Crippen LogP contribution is 2.26. The SMILES string of the molecule is CCN(C(=N)N(CC)C1CCCCC1)C1CCCCC1. The second-order valence-electron chi connectivity index (χ2n) is 6.48. The van der Waals surface area contributed by atoms with E-state index in [4.69, 9.17) is 5.41 Å². The van der Waals surface area contributed by atoms with Crippen LogP contribution in [0.15, 0.2) is 0 Å². The van der Waals surface area contributed by atoms with Gasteiger partial charge in [-0.25, -0.2) is 0 Å². The van der Waals surface area contributed by atoms with E-state index in [0.29, 0.717) is 12.1 Å². The molecule has 0 aromatic heterocycles. The third kappa shape index (κ3) is 3.67. The van der Waals surface area contributed by atoms with Crippen LogP contribution in [0.5, 0.6) is 0 Å². The quantitative estimate of drug-likeness (QED) is 0.616. The third-order valence-electron chi connectivity index (χ3n) is 5.26. The van der Waals surface area contributed by atoms with Crippen molar-refractivity contribution in [2.24, 2.45) is 0 Å². The Kier molecular flexibility index (Phi) is 6.18. The minimum atomic E-state index is 0.624. The van der Waals surface area contributed by atoms with Crippen LogP contribution in [0.1, 0.15) is 78.1 Å². The lowest BCUT2D eigenvalue weighted by atomic mass is 9.93. The number of hydrogen-bond acceptors (Lipinski definition) is 1. The molecule has 0 unspecified atom stereocenters. The Morgan fingerprint density at radius 2 is 1.10 bits per heavy atom. The maximum absolute atomic E-state index is 8.73. The summed E-state index contributed by atoms with van der Waals surface area (Å²) in [6, 6.07) is 1.25. The van der Waals surface area contributed by atoms with Crippen molar-refractivity contribution < 1.29 is 0 Å². The molecule has 0 radical (unpaired) electrons. The van der Waals surface area contributed by atoms with Gasteiger partial charge >= 0.3 is 0 Å². The highest BCUT2D eigenvalue weighted by molar-refractivity contribution is 5.77. The van der Waals surface area contributed by atoms with E-state index in [-0.39, 0.29) is 0 Å². The van der Waals surface area contributed by atoms with Crippen LogP contribution in [0.4, 0.5) is 0 Å². The summed E-state index contributed by atoms with van der Waals surface area (Å²) in [5.41, 5.74) is 0. The summed E-state index contributed by atoms with van der Waals surface area (Å²) in [5, 5.41) is 8.73. The highest BCUT2D eigenvalue weighted by Gasteiger charge is 2.28. The van der Waals surface area contributed by atoms with Crippen LogP contribution in [-0.2, 0) is 0 Å². The molecule has 1 N–H and O–H groups in total. The smallest absolute Gasteiger partial charge is 0.194 e. The molecule has 0 atom stereocenters. The lowest BCUT2D eigenvalue weighted by molar-refractivity contribution is 0.180. The fourth-order valence-corrected chi connectivity index (χ4v) is 4.11. The van der Waals surface area contributed by atoms with Crippen molar-refractivity contribution in [1.82, 2.24) is 9.80 Å². The number of nitrogens with one attached hydrogen (secondary N) is 1. The van der Waals surface area contributed by atoms with Gasteiger partial charge in [-0.2, -0.15) is 0 Å². The minimum absolute atomic E-state index is 0.624. The Labute approximate surface area is 125 Å². The minimum Gasteiger partial charge on any atom is -0.340 e. The van der Waals surface area contributed by atoms with Crippen molar-refractivity contribution >= 4 is 5.96 Å². The Morgan fingerprint density at radius 1 is 0.750 bits per heavy atom. The third-order valence-corrected chi connectivity index (χ3v) is 5.26. The van der Waals surface area contributed by atoms with Gasteiger partial charge in [0.15, 0.2) is 5.96 Å².